The fourth-order valence-corrected chi connectivity index (χ4v) is 6.07. The highest BCUT2D eigenvalue weighted by Gasteiger charge is 2.32. The highest BCUT2D eigenvalue weighted by Crippen LogP contribution is 2.25. The first-order valence-corrected chi connectivity index (χ1v) is 13.5. The summed E-state index contributed by atoms with van der Waals surface area (Å²) >= 11 is 0. The van der Waals surface area contributed by atoms with E-state index in [2.05, 4.69) is 10.0 Å². The van der Waals surface area contributed by atoms with Gasteiger partial charge in [-0.3, -0.25) is 4.79 Å². The van der Waals surface area contributed by atoms with Crippen LogP contribution in [0.1, 0.15) is 18.4 Å². The van der Waals surface area contributed by atoms with E-state index in [0.29, 0.717) is 18.6 Å². The molecule has 180 valence electrons. The summed E-state index contributed by atoms with van der Waals surface area (Å²) in [7, 11) is -5.76. The first-order valence-electron chi connectivity index (χ1n) is 10.6. The lowest BCUT2D eigenvalue weighted by molar-refractivity contribution is -0.126. The minimum atomic E-state index is -3.64. The summed E-state index contributed by atoms with van der Waals surface area (Å²) < 4.78 is 59.1. The monoisotopic (exact) mass is 495 g/mol. The van der Waals surface area contributed by atoms with Gasteiger partial charge in [0.25, 0.3) is 0 Å². The van der Waals surface area contributed by atoms with Crippen molar-refractivity contribution in [3.05, 3.63) is 54.1 Å². The number of piperidine rings is 1. The van der Waals surface area contributed by atoms with E-state index in [1.165, 1.54) is 35.7 Å². The number of ether oxygens (including phenoxy) is 1. The average Bonchev–Trinajstić information content (AvgIpc) is 2.82. The lowest BCUT2D eigenvalue weighted by Crippen LogP contribution is -2.44. The molecule has 2 aromatic rings. The van der Waals surface area contributed by atoms with Gasteiger partial charge in [-0.25, -0.2) is 21.6 Å². The number of nitrogens with zero attached hydrogens (tertiary/aromatic N) is 1. The molecule has 0 saturated carbocycles. The summed E-state index contributed by atoms with van der Waals surface area (Å²) in [5, 5.41) is 2.74. The van der Waals surface area contributed by atoms with Gasteiger partial charge in [-0.1, -0.05) is 17.7 Å². The zero-order valence-electron chi connectivity index (χ0n) is 18.7. The first-order chi connectivity index (χ1) is 15.6. The topological polar surface area (TPSA) is 122 Å². The smallest absolute Gasteiger partial charge is 0.243 e. The summed E-state index contributed by atoms with van der Waals surface area (Å²) in [6.45, 7) is 2.57. The molecule has 0 unspecified atom stereocenters. The molecule has 2 aromatic carbocycles. The number of aryl methyl sites for hydroxylation is 1. The largest absolute Gasteiger partial charge is 0.497 e. The zero-order valence-corrected chi connectivity index (χ0v) is 20.3. The molecule has 1 heterocycles. The van der Waals surface area contributed by atoms with Gasteiger partial charge in [0.15, 0.2) is 0 Å². The van der Waals surface area contributed by atoms with E-state index in [4.69, 9.17) is 4.74 Å². The molecule has 9 nitrogen and oxygen atoms in total. The highest BCUT2D eigenvalue weighted by molar-refractivity contribution is 7.89. The Labute approximate surface area is 195 Å². The molecule has 0 aliphatic carbocycles. The Kier molecular flexibility index (Phi) is 8.11. The quantitative estimate of drug-likeness (QED) is 0.509. The van der Waals surface area contributed by atoms with Gasteiger partial charge in [-0.15, -0.1) is 0 Å². The van der Waals surface area contributed by atoms with E-state index in [0.717, 1.165) is 5.56 Å². The maximum absolute atomic E-state index is 12.8. The predicted molar refractivity (Wildman–Crippen MR) is 124 cm³/mol. The zero-order chi connectivity index (χ0) is 24.1. The average molecular weight is 496 g/mol. The fraction of sp³-hybridized carbons (Fsp3) is 0.409. The molecule has 0 aromatic heterocycles. The van der Waals surface area contributed by atoms with Crippen molar-refractivity contribution in [2.45, 2.75) is 29.6 Å². The molecule has 0 atom stereocenters. The van der Waals surface area contributed by atoms with Crippen LogP contribution in [0.25, 0.3) is 0 Å². The lowest BCUT2D eigenvalue weighted by atomic mass is 9.97. The summed E-state index contributed by atoms with van der Waals surface area (Å²) in [5.41, 5.74) is 0.962. The van der Waals surface area contributed by atoms with Gasteiger partial charge in [0, 0.05) is 32.1 Å². The van der Waals surface area contributed by atoms with Crippen molar-refractivity contribution in [2.75, 3.05) is 33.3 Å². The van der Waals surface area contributed by atoms with Gasteiger partial charge in [0.2, 0.25) is 26.0 Å². The van der Waals surface area contributed by atoms with Crippen molar-refractivity contribution in [2.24, 2.45) is 5.92 Å². The Morgan fingerprint density at radius 2 is 1.52 bits per heavy atom. The molecule has 11 heteroatoms. The molecule has 3 rings (SSSR count). The number of sulfonamides is 2. The van der Waals surface area contributed by atoms with Crippen LogP contribution in [-0.2, 0) is 24.8 Å². The van der Waals surface area contributed by atoms with Gasteiger partial charge in [0.05, 0.1) is 16.9 Å². The number of methoxy groups -OCH3 is 1. The van der Waals surface area contributed by atoms with E-state index in [9.17, 15) is 21.6 Å². The number of hydrogen-bond acceptors (Lipinski definition) is 6. The van der Waals surface area contributed by atoms with Crippen molar-refractivity contribution in [1.82, 2.24) is 14.3 Å². The maximum atomic E-state index is 12.8. The number of nitrogens with one attached hydrogen (secondary N) is 2. The van der Waals surface area contributed by atoms with Gasteiger partial charge in [0.1, 0.15) is 5.75 Å². The Bertz CT molecular complexity index is 1160. The molecule has 2 N–H and O–H groups in total. The second-order valence-corrected chi connectivity index (χ2v) is 11.6. The van der Waals surface area contributed by atoms with Crippen LogP contribution in [-0.4, -0.2) is 60.3 Å². The third-order valence-corrected chi connectivity index (χ3v) is 8.96. The molecule has 0 spiro atoms. The van der Waals surface area contributed by atoms with Crippen LogP contribution in [0.4, 0.5) is 0 Å². The Morgan fingerprint density at radius 3 is 2.09 bits per heavy atom. The number of amides is 1. The van der Waals surface area contributed by atoms with Crippen LogP contribution in [0.15, 0.2) is 58.3 Å². The summed E-state index contributed by atoms with van der Waals surface area (Å²) in [6.07, 6.45) is 0.798. The molecule has 1 saturated heterocycles. The molecule has 1 fully saturated rings. The van der Waals surface area contributed by atoms with Crippen LogP contribution >= 0.6 is 0 Å². The molecular weight excluding hydrogens is 466 g/mol. The SMILES string of the molecule is COc1ccc(S(=O)(=O)N2CCC(C(=O)NCCNS(=O)(=O)c3ccc(C)cc3)CC2)cc1. The molecular formula is C22H29N3O6S2. The normalized spacial score (nSPS) is 15.8. The fourth-order valence-electron chi connectivity index (χ4n) is 3.57. The van der Waals surface area contributed by atoms with E-state index in [1.807, 2.05) is 6.92 Å². The molecule has 33 heavy (non-hydrogen) atoms. The number of rotatable bonds is 9. The second-order valence-electron chi connectivity index (χ2n) is 7.86. The predicted octanol–water partition coefficient (Wildman–Crippen LogP) is 1.50. The second kappa shape index (κ2) is 10.6. The van der Waals surface area contributed by atoms with Crippen molar-refractivity contribution < 1.29 is 26.4 Å². The molecule has 1 amide bonds. The van der Waals surface area contributed by atoms with Crippen LogP contribution in [0.3, 0.4) is 0 Å². The number of carbonyl (C=O) groups is 1. The molecule has 0 bridgehead atoms. The Hall–Kier alpha value is -2.47. The van der Waals surface area contributed by atoms with Crippen LogP contribution in [0.5, 0.6) is 5.75 Å². The van der Waals surface area contributed by atoms with E-state index >= 15 is 0 Å². The lowest BCUT2D eigenvalue weighted by Gasteiger charge is -2.30. The summed E-state index contributed by atoms with van der Waals surface area (Å²) in [5.74, 6) is 0.0533. The van der Waals surface area contributed by atoms with Gasteiger partial charge < -0.3 is 10.1 Å². The van der Waals surface area contributed by atoms with Crippen molar-refractivity contribution >= 4 is 26.0 Å². The minimum absolute atomic E-state index is 0.0621. The van der Waals surface area contributed by atoms with E-state index < -0.39 is 20.0 Å². The number of carbonyl (C=O) groups excluding carboxylic acids is 1. The van der Waals surface area contributed by atoms with Gasteiger partial charge in [-0.05, 0) is 56.2 Å². The standard InChI is InChI=1S/C22H29N3O6S2/c1-17-3-7-20(8-4-17)32(27,28)24-14-13-23-22(26)18-11-15-25(16-12-18)33(29,30)21-9-5-19(31-2)6-10-21/h3-10,18,24H,11-16H2,1-2H3,(H,23,26). The third-order valence-electron chi connectivity index (χ3n) is 5.57. The van der Waals surface area contributed by atoms with Crippen LogP contribution in [0, 0.1) is 12.8 Å². The highest BCUT2D eigenvalue weighted by atomic mass is 32.2. The van der Waals surface area contributed by atoms with Gasteiger partial charge >= 0.3 is 0 Å². The van der Waals surface area contributed by atoms with Crippen molar-refractivity contribution in [3.8, 4) is 5.75 Å². The Morgan fingerprint density at radius 1 is 0.939 bits per heavy atom. The van der Waals surface area contributed by atoms with Crippen molar-refractivity contribution in [1.29, 1.82) is 0 Å². The summed E-state index contributed by atoms with van der Waals surface area (Å²) in [6, 6.07) is 12.7. The first kappa shape index (κ1) is 25.2. The minimum Gasteiger partial charge on any atom is -0.497 e. The molecule has 1 aliphatic heterocycles. The summed E-state index contributed by atoms with van der Waals surface area (Å²) in [4.78, 5) is 12.8. The molecule has 0 radical (unpaired) electrons. The Balaban J connectivity index is 1.45. The van der Waals surface area contributed by atoms with E-state index in [-0.39, 0.29) is 47.8 Å². The van der Waals surface area contributed by atoms with E-state index in [1.54, 1.807) is 24.3 Å². The maximum Gasteiger partial charge on any atom is 0.243 e. The number of benzene rings is 2. The van der Waals surface area contributed by atoms with Gasteiger partial charge in [-0.2, -0.15) is 4.31 Å². The van der Waals surface area contributed by atoms with Crippen molar-refractivity contribution in [3.63, 3.8) is 0 Å². The number of hydrogen-bond donors (Lipinski definition) is 2. The van der Waals surface area contributed by atoms with Crippen LogP contribution < -0.4 is 14.8 Å². The van der Waals surface area contributed by atoms with Crippen LogP contribution in [0.2, 0.25) is 0 Å². The molecule has 1 aliphatic rings. The third kappa shape index (κ3) is 6.32.